The molecule has 0 atom stereocenters. The van der Waals surface area contributed by atoms with Crippen LogP contribution in [0.25, 0.3) is 0 Å². The molecule has 0 aliphatic rings. The van der Waals surface area contributed by atoms with Gasteiger partial charge in [0.25, 0.3) is 0 Å². The quantitative estimate of drug-likeness (QED) is 0.288. The molecule has 0 heterocycles. The van der Waals surface area contributed by atoms with E-state index in [1.54, 1.807) is 0 Å². The second-order valence-corrected chi connectivity index (χ2v) is 1.22. The molecule has 9 heavy (non-hydrogen) atoms. The zero-order chi connectivity index (χ0) is 4.50. The summed E-state index contributed by atoms with van der Waals surface area (Å²) in [6.45, 7) is 0. The minimum Gasteiger partial charge on any atom is -0.759 e. The molecular weight excluding hydrogens is 195 g/mol. The monoisotopic (exact) mass is 201 g/mol. The Morgan fingerprint density at radius 2 is 0.889 bits per heavy atom. The van der Waals surface area contributed by atoms with Gasteiger partial charge in [-0.15, -0.1) is 0 Å². The second-order valence-electron chi connectivity index (χ2n) is 0.408. The SMILES string of the molecule is O.O.O.O=S(=O)([O-])[O-].[V]. The fourth-order valence-corrected chi connectivity index (χ4v) is 0. The summed E-state index contributed by atoms with van der Waals surface area (Å²) < 4.78 is 34.1. The van der Waals surface area contributed by atoms with Crippen molar-refractivity contribution in [1.29, 1.82) is 0 Å². The molecule has 0 aliphatic heterocycles. The van der Waals surface area contributed by atoms with Crippen LogP contribution in [0.4, 0.5) is 0 Å². The van der Waals surface area contributed by atoms with Crippen molar-refractivity contribution in [3.05, 3.63) is 0 Å². The number of rotatable bonds is 0. The van der Waals surface area contributed by atoms with Crippen LogP contribution < -0.4 is 0 Å². The van der Waals surface area contributed by atoms with Gasteiger partial charge in [-0.3, -0.25) is 8.42 Å². The minimum absolute atomic E-state index is 0. The predicted molar refractivity (Wildman–Crippen MR) is 21.3 cm³/mol. The molecule has 0 aromatic rings. The van der Waals surface area contributed by atoms with Gasteiger partial charge in [-0.05, 0) is 0 Å². The molecular formula is H6O7SV-2. The summed E-state index contributed by atoms with van der Waals surface area (Å²) in [4.78, 5) is 0. The van der Waals surface area contributed by atoms with Crippen LogP contribution in [-0.4, -0.2) is 34.0 Å². The zero-order valence-corrected chi connectivity index (χ0v) is 6.20. The van der Waals surface area contributed by atoms with Crippen molar-refractivity contribution in [2.45, 2.75) is 0 Å². The molecule has 0 aliphatic carbocycles. The predicted octanol–water partition coefficient (Wildman–Crippen LogP) is -3.81. The molecule has 61 valence electrons. The molecule has 0 spiro atoms. The summed E-state index contributed by atoms with van der Waals surface area (Å²) in [5, 5.41) is 0. The minimum atomic E-state index is -5.17. The van der Waals surface area contributed by atoms with Gasteiger partial charge < -0.3 is 25.5 Å². The van der Waals surface area contributed by atoms with Gasteiger partial charge >= 0.3 is 0 Å². The Bertz CT molecular complexity index is 92.1. The molecule has 0 saturated carbocycles. The number of hydrogen-bond donors (Lipinski definition) is 0. The molecule has 0 fully saturated rings. The summed E-state index contributed by atoms with van der Waals surface area (Å²) in [7, 11) is -5.17. The van der Waals surface area contributed by atoms with Gasteiger partial charge in [-0.25, -0.2) is 0 Å². The van der Waals surface area contributed by atoms with Crippen LogP contribution >= 0.6 is 0 Å². The zero-order valence-electron chi connectivity index (χ0n) is 3.99. The first-order chi connectivity index (χ1) is 2.00. The summed E-state index contributed by atoms with van der Waals surface area (Å²) >= 11 is 0. The summed E-state index contributed by atoms with van der Waals surface area (Å²) in [5.74, 6) is 0. The fraction of sp³-hybridized carbons (Fsp3) is 0. The van der Waals surface area contributed by atoms with Crippen molar-refractivity contribution < 1.29 is 52.5 Å². The molecule has 6 N–H and O–H groups in total. The van der Waals surface area contributed by atoms with Crippen LogP contribution in [0.2, 0.25) is 0 Å². The van der Waals surface area contributed by atoms with E-state index in [1.807, 2.05) is 0 Å². The van der Waals surface area contributed by atoms with E-state index in [1.165, 1.54) is 0 Å². The molecule has 0 amide bonds. The van der Waals surface area contributed by atoms with Crippen LogP contribution in [-0.2, 0) is 29.0 Å². The smallest absolute Gasteiger partial charge is 0.0311 e. The molecule has 1 radical (unpaired) electrons. The van der Waals surface area contributed by atoms with Crippen LogP contribution in [0.3, 0.4) is 0 Å². The van der Waals surface area contributed by atoms with E-state index in [4.69, 9.17) is 17.5 Å². The normalized spacial score (nSPS) is 6.44. The molecule has 0 bridgehead atoms. The maximum atomic E-state index is 8.52. The van der Waals surface area contributed by atoms with E-state index in [2.05, 4.69) is 0 Å². The van der Waals surface area contributed by atoms with E-state index < -0.39 is 10.4 Å². The van der Waals surface area contributed by atoms with Gasteiger partial charge in [-0.2, -0.15) is 0 Å². The van der Waals surface area contributed by atoms with Gasteiger partial charge in [0.2, 0.25) is 0 Å². The van der Waals surface area contributed by atoms with Gasteiger partial charge in [-0.1, -0.05) is 0 Å². The van der Waals surface area contributed by atoms with Crippen molar-refractivity contribution in [2.24, 2.45) is 0 Å². The van der Waals surface area contributed by atoms with Gasteiger partial charge in [0, 0.05) is 29.0 Å². The van der Waals surface area contributed by atoms with Crippen LogP contribution in [0.1, 0.15) is 0 Å². The van der Waals surface area contributed by atoms with E-state index in [9.17, 15) is 0 Å². The largest absolute Gasteiger partial charge is 0.759 e. The average molecular weight is 201 g/mol. The Labute approximate surface area is 63.5 Å². The van der Waals surface area contributed by atoms with Gasteiger partial charge in [0.05, 0.1) is 0 Å². The molecule has 9 heteroatoms. The molecule has 0 rings (SSSR count). The Balaban J connectivity index is -0.0000000133. The van der Waals surface area contributed by atoms with Crippen molar-refractivity contribution in [1.82, 2.24) is 0 Å². The Morgan fingerprint density at radius 3 is 0.889 bits per heavy atom. The Morgan fingerprint density at radius 1 is 0.889 bits per heavy atom. The summed E-state index contributed by atoms with van der Waals surface area (Å²) in [5.41, 5.74) is 0. The molecule has 0 aromatic carbocycles. The van der Waals surface area contributed by atoms with Gasteiger partial charge in [0.15, 0.2) is 0 Å². The maximum Gasteiger partial charge on any atom is 0.0311 e. The maximum absolute atomic E-state index is 8.52. The Kier molecular flexibility index (Phi) is 42.8. The van der Waals surface area contributed by atoms with E-state index in [-0.39, 0.29) is 35.0 Å². The van der Waals surface area contributed by atoms with Gasteiger partial charge in [0.1, 0.15) is 0 Å². The summed E-state index contributed by atoms with van der Waals surface area (Å²) in [6.07, 6.45) is 0. The van der Waals surface area contributed by atoms with E-state index in [0.29, 0.717) is 0 Å². The first-order valence-electron chi connectivity index (χ1n) is 0.667. The van der Waals surface area contributed by atoms with Crippen molar-refractivity contribution in [3.63, 3.8) is 0 Å². The van der Waals surface area contributed by atoms with Crippen molar-refractivity contribution in [3.8, 4) is 0 Å². The third-order valence-corrected chi connectivity index (χ3v) is 0. The van der Waals surface area contributed by atoms with Crippen molar-refractivity contribution >= 4 is 10.4 Å². The topological polar surface area (TPSA) is 175 Å². The van der Waals surface area contributed by atoms with E-state index >= 15 is 0 Å². The summed E-state index contributed by atoms with van der Waals surface area (Å²) in [6, 6.07) is 0. The third-order valence-electron chi connectivity index (χ3n) is 0. The standard InChI is InChI=1S/H2O4S.3H2O.V/c1-5(2,3)4;;;;/h(H2,1,2,3,4);3*1H2;/p-2. The average Bonchev–Trinajstić information content (AvgIpc) is 0.722. The third kappa shape index (κ3) is 2990. The molecule has 0 aromatic heterocycles. The van der Waals surface area contributed by atoms with Crippen LogP contribution in [0.15, 0.2) is 0 Å². The number of hydrogen-bond acceptors (Lipinski definition) is 4. The Hall–Kier alpha value is 0.334. The van der Waals surface area contributed by atoms with Crippen LogP contribution in [0.5, 0.6) is 0 Å². The first-order valence-corrected chi connectivity index (χ1v) is 2.00. The molecule has 7 nitrogen and oxygen atoms in total. The van der Waals surface area contributed by atoms with E-state index in [0.717, 1.165) is 0 Å². The second kappa shape index (κ2) is 11.2. The molecule has 0 unspecified atom stereocenters. The van der Waals surface area contributed by atoms with Crippen molar-refractivity contribution in [2.75, 3.05) is 0 Å². The fourth-order valence-electron chi connectivity index (χ4n) is 0. The molecule has 0 saturated heterocycles. The first kappa shape index (κ1) is 34.5. The van der Waals surface area contributed by atoms with Crippen LogP contribution in [0, 0.1) is 0 Å².